The number of rotatable bonds is 6. The van der Waals surface area contributed by atoms with E-state index < -0.39 is 0 Å². The van der Waals surface area contributed by atoms with Gasteiger partial charge in [-0.1, -0.05) is 0 Å². The molecular weight excluding hydrogens is 230 g/mol. The predicted octanol–water partition coefficient (Wildman–Crippen LogP) is 1.90. The van der Waals surface area contributed by atoms with Gasteiger partial charge in [-0.15, -0.1) is 0 Å². The molecule has 0 aromatic heterocycles. The van der Waals surface area contributed by atoms with E-state index in [4.69, 9.17) is 15.7 Å². The summed E-state index contributed by atoms with van der Waals surface area (Å²) in [6, 6.07) is 7.10. The molecule has 18 heavy (non-hydrogen) atoms. The number of carbonyl (C=O) groups is 1. The van der Waals surface area contributed by atoms with Gasteiger partial charge < -0.3 is 15.8 Å². The summed E-state index contributed by atoms with van der Waals surface area (Å²) < 4.78 is 4.82. The summed E-state index contributed by atoms with van der Waals surface area (Å²) in [5.41, 5.74) is 7.62. The molecule has 0 atom stereocenters. The van der Waals surface area contributed by atoms with Gasteiger partial charge in [0.1, 0.15) is 0 Å². The first kappa shape index (κ1) is 13.8. The highest BCUT2D eigenvalue weighted by Gasteiger charge is 2.02. The Morgan fingerprint density at radius 3 is 2.94 bits per heavy atom. The lowest BCUT2D eigenvalue weighted by Gasteiger charge is -2.09. The topological polar surface area (TPSA) is 88.1 Å². The minimum absolute atomic E-state index is 0.188. The Morgan fingerprint density at radius 1 is 1.56 bits per heavy atom. The molecule has 1 aromatic carbocycles. The molecule has 0 spiro atoms. The second-order valence-corrected chi connectivity index (χ2v) is 3.75. The molecule has 0 unspecified atom stereocenters. The number of nitrogens with one attached hydrogen (secondary N) is 1. The Labute approximate surface area is 107 Å². The molecule has 0 radical (unpaired) electrons. The van der Waals surface area contributed by atoms with Crippen LogP contribution in [0.5, 0.6) is 0 Å². The lowest BCUT2D eigenvalue weighted by atomic mass is 10.2. The fourth-order valence-corrected chi connectivity index (χ4v) is 1.48. The normalized spacial score (nSPS) is 9.56. The van der Waals surface area contributed by atoms with E-state index in [0.29, 0.717) is 37.2 Å². The van der Waals surface area contributed by atoms with Crippen LogP contribution in [0.15, 0.2) is 18.2 Å². The van der Waals surface area contributed by atoms with Gasteiger partial charge in [0, 0.05) is 13.0 Å². The molecule has 0 saturated carbocycles. The highest BCUT2D eigenvalue weighted by molar-refractivity contribution is 5.70. The molecule has 0 bridgehead atoms. The van der Waals surface area contributed by atoms with Gasteiger partial charge in [0.2, 0.25) is 0 Å². The molecule has 0 aliphatic carbocycles. The predicted molar refractivity (Wildman–Crippen MR) is 69.9 cm³/mol. The molecule has 1 aromatic rings. The van der Waals surface area contributed by atoms with Gasteiger partial charge >= 0.3 is 5.97 Å². The molecule has 5 heteroatoms. The van der Waals surface area contributed by atoms with Crippen molar-refractivity contribution in [1.82, 2.24) is 0 Å². The van der Waals surface area contributed by atoms with Crippen LogP contribution >= 0.6 is 0 Å². The molecular formula is C13H17N3O2. The minimum Gasteiger partial charge on any atom is -0.466 e. The first-order chi connectivity index (χ1) is 8.67. The van der Waals surface area contributed by atoms with Crippen molar-refractivity contribution >= 4 is 17.3 Å². The molecule has 3 N–H and O–H groups in total. The van der Waals surface area contributed by atoms with E-state index in [1.54, 1.807) is 25.1 Å². The molecule has 96 valence electrons. The number of esters is 1. The Hall–Kier alpha value is -2.22. The van der Waals surface area contributed by atoms with Gasteiger partial charge in [-0.05, 0) is 31.5 Å². The minimum atomic E-state index is -0.188. The van der Waals surface area contributed by atoms with Crippen molar-refractivity contribution in [3.05, 3.63) is 23.8 Å². The van der Waals surface area contributed by atoms with Crippen LogP contribution in [-0.2, 0) is 9.53 Å². The number of nitrogens with two attached hydrogens (primary N) is 1. The van der Waals surface area contributed by atoms with E-state index in [1.807, 2.05) is 6.07 Å². The first-order valence-electron chi connectivity index (χ1n) is 5.86. The lowest BCUT2D eigenvalue weighted by molar-refractivity contribution is -0.143. The van der Waals surface area contributed by atoms with Crippen molar-refractivity contribution in [3.8, 4) is 6.07 Å². The average molecular weight is 247 g/mol. The van der Waals surface area contributed by atoms with Crippen LogP contribution in [0.2, 0.25) is 0 Å². The summed E-state index contributed by atoms with van der Waals surface area (Å²) in [6.45, 7) is 2.83. The van der Waals surface area contributed by atoms with Crippen LogP contribution in [0, 0.1) is 11.3 Å². The van der Waals surface area contributed by atoms with Crippen LogP contribution in [0.4, 0.5) is 11.4 Å². The van der Waals surface area contributed by atoms with Crippen LogP contribution in [0.3, 0.4) is 0 Å². The molecule has 5 nitrogen and oxygen atoms in total. The zero-order valence-corrected chi connectivity index (χ0v) is 10.4. The zero-order valence-electron chi connectivity index (χ0n) is 10.4. The third kappa shape index (κ3) is 4.34. The van der Waals surface area contributed by atoms with E-state index >= 15 is 0 Å². The van der Waals surface area contributed by atoms with Gasteiger partial charge in [0.25, 0.3) is 0 Å². The van der Waals surface area contributed by atoms with Crippen LogP contribution in [0.1, 0.15) is 25.3 Å². The van der Waals surface area contributed by atoms with Gasteiger partial charge in [0.15, 0.2) is 0 Å². The van der Waals surface area contributed by atoms with Crippen molar-refractivity contribution in [2.45, 2.75) is 19.8 Å². The number of ether oxygens (including phenoxy) is 1. The zero-order chi connectivity index (χ0) is 13.4. The van der Waals surface area contributed by atoms with Crippen LogP contribution in [0.25, 0.3) is 0 Å². The molecule has 0 aliphatic rings. The maximum Gasteiger partial charge on any atom is 0.305 e. The number of hydrogen-bond donors (Lipinski definition) is 2. The molecule has 0 aliphatic heterocycles. The fraction of sp³-hybridized carbons (Fsp3) is 0.385. The van der Waals surface area contributed by atoms with Crippen LogP contribution in [-0.4, -0.2) is 19.1 Å². The van der Waals surface area contributed by atoms with Gasteiger partial charge in [-0.25, -0.2) is 0 Å². The Morgan fingerprint density at radius 2 is 2.33 bits per heavy atom. The quantitative estimate of drug-likeness (QED) is 0.455. The Bertz CT molecular complexity index is 452. The summed E-state index contributed by atoms with van der Waals surface area (Å²) in [6.07, 6.45) is 1.06. The largest absolute Gasteiger partial charge is 0.466 e. The standard InChI is InChI=1S/C13H17N3O2/c1-2-18-13(17)4-3-7-16-12-6-5-10(9-14)8-11(12)15/h5-6,8,16H,2-4,7,15H2,1H3. The number of hydrogen-bond acceptors (Lipinski definition) is 5. The van der Waals surface area contributed by atoms with Crippen molar-refractivity contribution < 1.29 is 9.53 Å². The third-order valence-corrected chi connectivity index (χ3v) is 2.36. The monoisotopic (exact) mass is 247 g/mol. The number of anilines is 2. The van der Waals surface area contributed by atoms with Gasteiger partial charge in [-0.2, -0.15) is 5.26 Å². The summed E-state index contributed by atoms with van der Waals surface area (Å²) >= 11 is 0. The smallest absolute Gasteiger partial charge is 0.305 e. The number of benzene rings is 1. The Balaban J connectivity index is 2.36. The van der Waals surface area contributed by atoms with Crippen molar-refractivity contribution in [3.63, 3.8) is 0 Å². The maximum atomic E-state index is 11.1. The number of nitrogens with zero attached hydrogens (tertiary/aromatic N) is 1. The van der Waals surface area contributed by atoms with Crippen molar-refractivity contribution in [2.75, 3.05) is 24.2 Å². The number of carbonyl (C=O) groups excluding carboxylic acids is 1. The van der Waals surface area contributed by atoms with E-state index in [2.05, 4.69) is 5.32 Å². The maximum absolute atomic E-state index is 11.1. The fourth-order valence-electron chi connectivity index (χ4n) is 1.48. The summed E-state index contributed by atoms with van der Waals surface area (Å²) in [5, 5.41) is 11.8. The molecule has 0 saturated heterocycles. The van der Waals surface area contributed by atoms with Crippen LogP contribution < -0.4 is 11.1 Å². The summed E-state index contributed by atoms with van der Waals surface area (Å²) in [7, 11) is 0. The number of nitrogen functional groups attached to an aromatic ring is 1. The van der Waals surface area contributed by atoms with E-state index in [0.717, 1.165) is 5.69 Å². The van der Waals surface area contributed by atoms with Gasteiger partial charge in [0.05, 0.1) is 29.6 Å². The lowest BCUT2D eigenvalue weighted by Crippen LogP contribution is -2.09. The second-order valence-electron chi connectivity index (χ2n) is 3.75. The highest BCUT2D eigenvalue weighted by atomic mass is 16.5. The number of nitriles is 1. The van der Waals surface area contributed by atoms with Crippen molar-refractivity contribution in [2.24, 2.45) is 0 Å². The van der Waals surface area contributed by atoms with E-state index in [1.165, 1.54) is 0 Å². The summed E-state index contributed by atoms with van der Waals surface area (Å²) in [4.78, 5) is 11.1. The SMILES string of the molecule is CCOC(=O)CCCNc1ccc(C#N)cc1N. The third-order valence-electron chi connectivity index (χ3n) is 2.36. The molecule has 1 rings (SSSR count). The Kier molecular flexibility index (Phi) is 5.52. The van der Waals surface area contributed by atoms with E-state index in [9.17, 15) is 4.79 Å². The average Bonchev–Trinajstić information content (AvgIpc) is 2.36. The van der Waals surface area contributed by atoms with E-state index in [-0.39, 0.29) is 5.97 Å². The highest BCUT2D eigenvalue weighted by Crippen LogP contribution is 2.19. The summed E-state index contributed by atoms with van der Waals surface area (Å²) in [5.74, 6) is -0.188. The first-order valence-corrected chi connectivity index (χ1v) is 5.86. The molecule has 0 fully saturated rings. The van der Waals surface area contributed by atoms with Crippen molar-refractivity contribution in [1.29, 1.82) is 5.26 Å². The van der Waals surface area contributed by atoms with Gasteiger partial charge in [-0.3, -0.25) is 4.79 Å². The molecule has 0 heterocycles. The second kappa shape index (κ2) is 7.17. The molecule has 0 amide bonds.